The molecule has 0 unspecified atom stereocenters. The minimum atomic E-state index is 0.323. The van der Waals surface area contributed by atoms with E-state index in [1.54, 1.807) is 0 Å². The highest BCUT2D eigenvalue weighted by Crippen LogP contribution is 2.18. The predicted molar refractivity (Wildman–Crippen MR) is 88.2 cm³/mol. The number of nitrogens with one attached hydrogen (secondary N) is 1. The van der Waals surface area contributed by atoms with Gasteiger partial charge in [-0.05, 0) is 31.0 Å². The van der Waals surface area contributed by atoms with Crippen molar-refractivity contribution in [1.82, 2.24) is 10.3 Å². The molecule has 0 bridgehead atoms. The molecule has 3 aromatic rings. The Labute approximate surface area is 125 Å². The van der Waals surface area contributed by atoms with Gasteiger partial charge in [-0.1, -0.05) is 54.1 Å². The highest BCUT2D eigenvalue weighted by atomic mass is 14.9. The third-order valence-electron chi connectivity index (χ3n) is 3.86. The zero-order chi connectivity index (χ0) is 14.7. The van der Waals surface area contributed by atoms with E-state index in [4.69, 9.17) is 0 Å². The second-order valence-corrected chi connectivity index (χ2v) is 5.51. The second-order valence-electron chi connectivity index (χ2n) is 5.51. The number of nitrogens with zero attached hydrogens (tertiary/aromatic N) is 1. The van der Waals surface area contributed by atoms with Gasteiger partial charge in [0.1, 0.15) is 0 Å². The van der Waals surface area contributed by atoms with E-state index in [2.05, 4.69) is 72.7 Å². The van der Waals surface area contributed by atoms with Crippen molar-refractivity contribution in [1.29, 1.82) is 0 Å². The number of aryl methyl sites for hydroxylation is 1. The smallest absolute Gasteiger partial charge is 0.0746 e. The van der Waals surface area contributed by atoms with Crippen LogP contribution in [0.4, 0.5) is 0 Å². The first-order valence-electron chi connectivity index (χ1n) is 7.36. The van der Waals surface area contributed by atoms with Gasteiger partial charge in [-0.2, -0.15) is 0 Å². The van der Waals surface area contributed by atoms with Crippen molar-refractivity contribution in [2.45, 2.75) is 26.4 Å². The monoisotopic (exact) mass is 276 g/mol. The number of hydrogen-bond acceptors (Lipinski definition) is 2. The average molecular weight is 276 g/mol. The molecule has 0 aliphatic heterocycles. The molecule has 0 spiro atoms. The topological polar surface area (TPSA) is 24.9 Å². The molecule has 106 valence electrons. The number of pyridine rings is 1. The molecule has 1 heterocycles. The average Bonchev–Trinajstić information content (AvgIpc) is 2.52. The van der Waals surface area contributed by atoms with E-state index < -0.39 is 0 Å². The Morgan fingerprint density at radius 1 is 1.05 bits per heavy atom. The van der Waals surface area contributed by atoms with Gasteiger partial charge >= 0.3 is 0 Å². The summed E-state index contributed by atoms with van der Waals surface area (Å²) in [6.45, 7) is 5.15. The van der Waals surface area contributed by atoms with Crippen molar-refractivity contribution in [2.75, 3.05) is 0 Å². The fourth-order valence-electron chi connectivity index (χ4n) is 2.63. The third-order valence-corrected chi connectivity index (χ3v) is 3.86. The molecule has 0 saturated carbocycles. The molecular formula is C19H20N2. The Bertz CT molecular complexity index is 744. The van der Waals surface area contributed by atoms with Crippen molar-refractivity contribution in [3.8, 4) is 0 Å². The van der Waals surface area contributed by atoms with Crippen LogP contribution in [-0.4, -0.2) is 4.98 Å². The van der Waals surface area contributed by atoms with Gasteiger partial charge < -0.3 is 5.32 Å². The molecule has 0 saturated heterocycles. The molecule has 21 heavy (non-hydrogen) atoms. The Morgan fingerprint density at radius 3 is 2.71 bits per heavy atom. The van der Waals surface area contributed by atoms with Crippen molar-refractivity contribution in [3.63, 3.8) is 0 Å². The standard InChI is InChI=1S/C19H20N2/c1-14-6-3-8-17(12-14)15(2)21-13-18-9-4-7-16-10-5-11-20-19(16)18/h3-12,15,21H,13H2,1-2H3/t15-/m1/s1. The van der Waals surface area contributed by atoms with Gasteiger partial charge in [0.15, 0.2) is 0 Å². The maximum absolute atomic E-state index is 4.51. The predicted octanol–water partition coefficient (Wildman–Crippen LogP) is 4.39. The summed E-state index contributed by atoms with van der Waals surface area (Å²) in [5.41, 5.74) is 4.95. The number of hydrogen-bond donors (Lipinski definition) is 1. The molecule has 0 aliphatic carbocycles. The number of para-hydroxylation sites is 1. The molecule has 3 rings (SSSR count). The first kappa shape index (κ1) is 13.8. The Balaban J connectivity index is 1.77. The number of rotatable bonds is 4. The summed E-state index contributed by atoms with van der Waals surface area (Å²) in [7, 11) is 0. The van der Waals surface area contributed by atoms with Crippen molar-refractivity contribution < 1.29 is 0 Å². The SMILES string of the molecule is Cc1cccc([C@@H](C)NCc2cccc3cccnc23)c1. The number of benzene rings is 2. The third kappa shape index (κ3) is 3.11. The molecule has 1 atom stereocenters. The van der Waals surface area contributed by atoms with Crippen LogP contribution in [-0.2, 0) is 6.54 Å². The lowest BCUT2D eigenvalue weighted by Gasteiger charge is -2.15. The van der Waals surface area contributed by atoms with Gasteiger partial charge in [0.25, 0.3) is 0 Å². The van der Waals surface area contributed by atoms with Gasteiger partial charge in [-0.3, -0.25) is 4.98 Å². The van der Waals surface area contributed by atoms with Gasteiger partial charge in [0.05, 0.1) is 5.52 Å². The highest BCUT2D eigenvalue weighted by molar-refractivity contribution is 5.81. The normalized spacial score (nSPS) is 12.5. The van der Waals surface area contributed by atoms with Gasteiger partial charge in [0.2, 0.25) is 0 Å². The fraction of sp³-hybridized carbons (Fsp3) is 0.211. The molecule has 1 aromatic heterocycles. The molecule has 2 nitrogen and oxygen atoms in total. The zero-order valence-electron chi connectivity index (χ0n) is 12.5. The Hall–Kier alpha value is -2.19. The summed E-state index contributed by atoms with van der Waals surface area (Å²) in [5, 5.41) is 4.79. The molecular weight excluding hydrogens is 256 g/mol. The van der Waals surface area contributed by atoms with E-state index in [0.29, 0.717) is 6.04 Å². The van der Waals surface area contributed by atoms with Crippen LogP contribution in [0.3, 0.4) is 0 Å². The minimum Gasteiger partial charge on any atom is -0.306 e. The van der Waals surface area contributed by atoms with Crippen LogP contribution < -0.4 is 5.32 Å². The van der Waals surface area contributed by atoms with E-state index in [9.17, 15) is 0 Å². The molecule has 2 aromatic carbocycles. The van der Waals surface area contributed by atoms with E-state index in [1.165, 1.54) is 22.1 Å². The lowest BCUT2D eigenvalue weighted by molar-refractivity contribution is 0.576. The zero-order valence-corrected chi connectivity index (χ0v) is 12.5. The second kappa shape index (κ2) is 6.06. The molecule has 0 fully saturated rings. The van der Waals surface area contributed by atoms with Crippen LogP contribution in [0.2, 0.25) is 0 Å². The van der Waals surface area contributed by atoms with E-state index in [1.807, 2.05) is 12.3 Å². The van der Waals surface area contributed by atoms with Crippen LogP contribution in [0, 0.1) is 6.92 Å². The van der Waals surface area contributed by atoms with E-state index in [0.717, 1.165) is 12.1 Å². The fourth-order valence-corrected chi connectivity index (χ4v) is 2.63. The maximum Gasteiger partial charge on any atom is 0.0746 e. The van der Waals surface area contributed by atoms with E-state index >= 15 is 0 Å². The van der Waals surface area contributed by atoms with Crippen molar-refractivity contribution in [2.24, 2.45) is 0 Å². The first-order chi connectivity index (χ1) is 10.2. The summed E-state index contributed by atoms with van der Waals surface area (Å²) < 4.78 is 0. The van der Waals surface area contributed by atoms with Crippen LogP contribution in [0.5, 0.6) is 0 Å². The van der Waals surface area contributed by atoms with E-state index in [-0.39, 0.29) is 0 Å². The largest absolute Gasteiger partial charge is 0.306 e. The Morgan fingerprint density at radius 2 is 1.86 bits per heavy atom. The quantitative estimate of drug-likeness (QED) is 0.764. The van der Waals surface area contributed by atoms with Gasteiger partial charge in [-0.25, -0.2) is 0 Å². The van der Waals surface area contributed by atoms with Gasteiger partial charge in [0, 0.05) is 24.2 Å². The minimum absolute atomic E-state index is 0.323. The lowest BCUT2D eigenvalue weighted by Crippen LogP contribution is -2.18. The van der Waals surface area contributed by atoms with Crippen molar-refractivity contribution in [3.05, 3.63) is 77.5 Å². The van der Waals surface area contributed by atoms with Crippen LogP contribution in [0.25, 0.3) is 10.9 Å². The number of aromatic nitrogens is 1. The summed E-state index contributed by atoms with van der Waals surface area (Å²) in [5.74, 6) is 0. The first-order valence-corrected chi connectivity index (χ1v) is 7.36. The summed E-state index contributed by atoms with van der Waals surface area (Å²) in [6.07, 6.45) is 1.86. The van der Waals surface area contributed by atoms with Crippen LogP contribution >= 0.6 is 0 Å². The van der Waals surface area contributed by atoms with Gasteiger partial charge in [-0.15, -0.1) is 0 Å². The molecule has 1 N–H and O–H groups in total. The summed E-state index contributed by atoms with van der Waals surface area (Å²) in [6, 6.07) is 19.4. The summed E-state index contributed by atoms with van der Waals surface area (Å²) >= 11 is 0. The van der Waals surface area contributed by atoms with Crippen molar-refractivity contribution >= 4 is 10.9 Å². The molecule has 0 aliphatic rings. The molecule has 0 amide bonds. The molecule has 2 heteroatoms. The lowest BCUT2D eigenvalue weighted by atomic mass is 10.0. The maximum atomic E-state index is 4.51. The highest BCUT2D eigenvalue weighted by Gasteiger charge is 2.07. The molecule has 0 radical (unpaired) electrons. The number of fused-ring (bicyclic) bond motifs is 1. The van der Waals surface area contributed by atoms with Crippen LogP contribution in [0.1, 0.15) is 29.7 Å². The Kier molecular flexibility index (Phi) is 3.98. The van der Waals surface area contributed by atoms with Crippen LogP contribution in [0.15, 0.2) is 60.8 Å². The summed E-state index contributed by atoms with van der Waals surface area (Å²) in [4.78, 5) is 4.51.